The summed E-state index contributed by atoms with van der Waals surface area (Å²) in [5.41, 5.74) is 2.75. The summed E-state index contributed by atoms with van der Waals surface area (Å²) < 4.78 is 0. The van der Waals surface area contributed by atoms with Gasteiger partial charge < -0.3 is 9.88 Å². The van der Waals surface area contributed by atoms with E-state index in [1.54, 1.807) is 0 Å². The second-order valence-corrected chi connectivity index (χ2v) is 3.45. The molecule has 14 heavy (non-hydrogen) atoms. The molecule has 0 aliphatic rings. The van der Waals surface area contributed by atoms with Gasteiger partial charge in [0.15, 0.2) is 6.29 Å². The molecule has 1 aromatic heterocycles. The number of hydrogen-bond acceptors (Lipinski definition) is 2. The maximum Gasteiger partial charge on any atom is 0.152 e. The van der Waals surface area contributed by atoms with E-state index in [1.165, 1.54) is 0 Å². The minimum Gasteiger partial charge on any atom is -0.377 e. The van der Waals surface area contributed by atoms with Crippen LogP contribution in [-0.2, 0) is 0 Å². The van der Waals surface area contributed by atoms with Gasteiger partial charge in [0, 0.05) is 36.8 Å². The average Bonchev–Trinajstić information content (AvgIpc) is 2.62. The second-order valence-electron chi connectivity index (χ2n) is 3.45. The van der Waals surface area contributed by atoms with Crippen LogP contribution in [0.4, 0.5) is 5.69 Å². The van der Waals surface area contributed by atoms with Crippen LogP contribution in [0.5, 0.6) is 0 Å². The summed E-state index contributed by atoms with van der Waals surface area (Å²) in [6.07, 6.45) is 2.77. The zero-order chi connectivity index (χ0) is 10.1. The highest BCUT2D eigenvalue weighted by molar-refractivity contribution is 6.01. The van der Waals surface area contributed by atoms with Crippen LogP contribution in [0.15, 0.2) is 24.4 Å². The molecule has 0 atom stereocenters. The van der Waals surface area contributed by atoms with E-state index < -0.39 is 0 Å². The number of H-pyrrole nitrogens is 1. The van der Waals surface area contributed by atoms with Gasteiger partial charge >= 0.3 is 0 Å². The molecule has 2 rings (SSSR count). The molecule has 2 aromatic rings. The number of nitrogens with zero attached hydrogens (tertiary/aromatic N) is 1. The molecule has 0 unspecified atom stereocenters. The van der Waals surface area contributed by atoms with Crippen molar-refractivity contribution in [1.29, 1.82) is 0 Å². The van der Waals surface area contributed by atoms with E-state index in [9.17, 15) is 4.79 Å². The fourth-order valence-corrected chi connectivity index (χ4v) is 1.73. The predicted molar refractivity (Wildman–Crippen MR) is 58.0 cm³/mol. The van der Waals surface area contributed by atoms with E-state index in [4.69, 9.17) is 0 Å². The molecule has 0 saturated heterocycles. The SMILES string of the molecule is CN(C)c1c(C=O)ccc2[nH]ccc12. The lowest BCUT2D eigenvalue weighted by atomic mass is 10.1. The third kappa shape index (κ3) is 1.18. The highest BCUT2D eigenvalue weighted by atomic mass is 16.1. The van der Waals surface area contributed by atoms with Gasteiger partial charge in [-0.1, -0.05) is 0 Å². The van der Waals surface area contributed by atoms with Gasteiger partial charge in [0.1, 0.15) is 0 Å². The van der Waals surface area contributed by atoms with Gasteiger partial charge in [0.25, 0.3) is 0 Å². The Balaban J connectivity index is 2.81. The molecule has 0 amide bonds. The number of nitrogens with one attached hydrogen (secondary N) is 1. The summed E-state index contributed by atoms with van der Waals surface area (Å²) in [6.45, 7) is 0. The first-order chi connectivity index (χ1) is 6.74. The van der Waals surface area contributed by atoms with Gasteiger partial charge in [0.05, 0.1) is 5.69 Å². The van der Waals surface area contributed by atoms with Crippen LogP contribution in [0.3, 0.4) is 0 Å². The Morgan fingerprint density at radius 2 is 2.07 bits per heavy atom. The van der Waals surface area contributed by atoms with Crippen molar-refractivity contribution in [2.24, 2.45) is 0 Å². The Bertz CT molecular complexity index is 471. The molecular weight excluding hydrogens is 176 g/mol. The highest BCUT2D eigenvalue weighted by Crippen LogP contribution is 2.27. The fraction of sp³-hybridized carbons (Fsp3) is 0.182. The summed E-state index contributed by atoms with van der Waals surface area (Å²) in [6, 6.07) is 5.74. The molecule has 1 heterocycles. The largest absolute Gasteiger partial charge is 0.377 e. The smallest absolute Gasteiger partial charge is 0.152 e. The van der Waals surface area contributed by atoms with Crippen LogP contribution in [0.2, 0.25) is 0 Å². The predicted octanol–water partition coefficient (Wildman–Crippen LogP) is 2.05. The van der Waals surface area contributed by atoms with Crippen molar-refractivity contribution in [1.82, 2.24) is 4.98 Å². The van der Waals surface area contributed by atoms with Crippen LogP contribution in [0.25, 0.3) is 10.9 Å². The standard InChI is InChI=1S/C11H12N2O/c1-13(2)11-8(7-14)3-4-10-9(11)5-6-12-10/h3-7,12H,1-2H3. The molecule has 0 bridgehead atoms. The average molecular weight is 188 g/mol. The molecule has 0 spiro atoms. The van der Waals surface area contributed by atoms with E-state index in [2.05, 4.69) is 4.98 Å². The molecule has 3 heteroatoms. The maximum atomic E-state index is 10.9. The van der Waals surface area contributed by atoms with E-state index >= 15 is 0 Å². The molecule has 3 nitrogen and oxygen atoms in total. The Kier molecular flexibility index (Phi) is 2.00. The lowest BCUT2D eigenvalue weighted by Gasteiger charge is -2.15. The molecule has 72 valence electrons. The summed E-state index contributed by atoms with van der Waals surface area (Å²) >= 11 is 0. The Morgan fingerprint density at radius 3 is 2.71 bits per heavy atom. The van der Waals surface area contributed by atoms with Crippen molar-refractivity contribution < 1.29 is 4.79 Å². The van der Waals surface area contributed by atoms with Crippen LogP contribution >= 0.6 is 0 Å². The van der Waals surface area contributed by atoms with Gasteiger partial charge in [-0.2, -0.15) is 0 Å². The topological polar surface area (TPSA) is 36.1 Å². The highest BCUT2D eigenvalue weighted by Gasteiger charge is 2.08. The van der Waals surface area contributed by atoms with Gasteiger partial charge in [-0.15, -0.1) is 0 Å². The molecule has 0 fully saturated rings. The van der Waals surface area contributed by atoms with Crippen LogP contribution in [0, 0.1) is 0 Å². The first kappa shape index (κ1) is 8.81. The molecule has 0 radical (unpaired) electrons. The first-order valence-electron chi connectivity index (χ1n) is 4.46. The zero-order valence-electron chi connectivity index (χ0n) is 8.24. The number of aromatic amines is 1. The number of anilines is 1. The Labute approximate surface area is 82.3 Å². The quantitative estimate of drug-likeness (QED) is 0.732. The lowest BCUT2D eigenvalue weighted by Crippen LogP contribution is -2.11. The number of aromatic nitrogens is 1. The van der Waals surface area contributed by atoms with Gasteiger partial charge in [-0.05, 0) is 18.2 Å². The van der Waals surface area contributed by atoms with Crippen molar-refractivity contribution >= 4 is 22.9 Å². The summed E-state index contributed by atoms with van der Waals surface area (Å²) in [7, 11) is 3.88. The molecule has 0 aliphatic heterocycles. The maximum absolute atomic E-state index is 10.9. The van der Waals surface area contributed by atoms with Crippen molar-refractivity contribution in [3.63, 3.8) is 0 Å². The minimum atomic E-state index is 0.724. The number of aldehydes is 1. The Hall–Kier alpha value is -1.77. The number of carbonyl (C=O) groups excluding carboxylic acids is 1. The number of hydrogen-bond donors (Lipinski definition) is 1. The summed E-state index contributed by atoms with van der Waals surface area (Å²) in [5.74, 6) is 0. The van der Waals surface area contributed by atoms with Crippen molar-refractivity contribution in [3.05, 3.63) is 30.0 Å². The molecular formula is C11H12N2O. The monoisotopic (exact) mass is 188 g/mol. The first-order valence-corrected chi connectivity index (χ1v) is 4.46. The van der Waals surface area contributed by atoms with Gasteiger partial charge in [-0.3, -0.25) is 4.79 Å². The van der Waals surface area contributed by atoms with E-state index in [1.807, 2.05) is 43.4 Å². The molecule has 0 saturated carbocycles. The lowest BCUT2D eigenvalue weighted by molar-refractivity contribution is 0.112. The molecule has 0 aliphatic carbocycles. The second kappa shape index (κ2) is 3.18. The number of rotatable bonds is 2. The van der Waals surface area contributed by atoms with Crippen LogP contribution < -0.4 is 4.90 Å². The Morgan fingerprint density at radius 1 is 1.29 bits per heavy atom. The molecule has 1 N–H and O–H groups in total. The van der Waals surface area contributed by atoms with Crippen LogP contribution in [-0.4, -0.2) is 25.4 Å². The third-order valence-electron chi connectivity index (χ3n) is 2.31. The van der Waals surface area contributed by atoms with Crippen LogP contribution in [0.1, 0.15) is 10.4 Å². The minimum absolute atomic E-state index is 0.724. The van der Waals surface area contributed by atoms with Crippen molar-refractivity contribution in [3.8, 4) is 0 Å². The van der Waals surface area contributed by atoms with Gasteiger partial charge in [-0.25, -0.2) is 0 Å². The van der Waals surface area contributed by atoms with Crippen molar-refractivity contribution in [2.75, 3.05) is 19.0 Å². The van der Waals surface area contributed by atoms with E-state index in [0.29, 0.717) is 0 Å². The number of benzene rings is 1. The third-order valence-corrected chi connectivity index (χ3v) is 2.31. The number of carbonyl (C=O) groups is 1. The van der Waals surface area contributed by atoms with E-state index in [-0.39, 0.29) is 0 Å². The number of fused-ring (bicyclic) bond motifs is 1. The fourth-order valence-electron chi connectivity index (χ4n) is 1.73. The molecule has 1 aromatic carbocycles. The normalized spacial score (nSPS) is 10.4. The summed E-state index contributed by atoms with van der Waals surface area (Å²) in [5, 5.41) is 1.08. The van der Waals surface area contributed by atoms with Crippen molar-refractivity contribution in [2.45, 2.75) is 0 Å². The van der Waals surface area contributed by atoms with E-state index in [0.717, 1.165) is 28.4 Å². The van der Waals surface area contributed by atoms with Gasteiger partial charge in [0.2, 0.25) is 0 Å². The summed E-state index contributed by atoms with van der Waals surface area (Å²) in [4.78, 5) is 15.9. The zero-order valence-corrected chi connectivity index (χ0v) is 8.24.